The summed E-state index contributed by atoms with van der Waals surface area (Å²) in [5.41, 5.74) is 4.02. The molecule has 4 aliphatic carbocycles. The highest BCUT2D eigenvalue weighted by Crippen LogP contribution is 2.60. The van der Waals surface area contributed by atoms with Crippen LogP contribution >= 0.6 is 0 Å². The van der Waals surface area contributed by atoms with Gasteiger partial charge in [-0.3, -0.25) is 0 Å². The minimum atomic E-state index is -2.01. The van der Waals surface area contributed by atoms with Crippen molar-refractivity contribution >= 4 is 16.6 Å². The van der Waals surface area contributed by atoms with Crippen LogP contribution in [0.4, 0.5) is 0 Å². The van der Waals surface area contributed by atoms with Crippen molar-refractivity contribution in [2.45, 2.75) is 199 Å². The number of aliphatic hydroxyl groups is 1. The number of hydrogen-bond donors (Lipinski definition) is 1. The first-order chi connectivity index (χ1) is 24.5. The van der Waals surface area contributed by atoms with Gasteiger partial charge in [0, 0.05) is 12.8 Å². The van der Waals surface area contributed by atoms with E-state index in [2.05, 4.69) is 118 Å². The number of fused-ring (bicyclic) bond motifs is 1. The Balaban J connectivity index is 1.32. The molecule has 1 heterocycles. The summed E-state index contributed by atoms with van der Waals surface area (Å²) in [7, 11) is -3.97. The fourth-order valence-electron chi connectivity index (χ4n) is 9.28. The fourth-order valence-corrected chi connectivity index (χ4v) is 12.0. The summed E-state index contributed by atoms with van der Waals surface area (Å²) in [6.45, 7) is 35.3. The number of allylic oxidation sites excluding steroid dienone is 4. The molecule has 7 atom stereocenters. The average molecular weight is 764 g/mol. The van der Waals surface area contributed by atoms with Crippen LogP contribution in [0, 0.1) is 23.2 Å². The molecule has 0 aromatic carbocycles. The maximum atomic E-state index is 11.4. The number of oxazole rings is 1. The van der Waals surface area contributed by atoms with Gasteiger partial charge in [-0.05, 0) is 128 Å². The van der Waals surface area contributed by atoms with Crippen LogP contribution in [0.1, 0.15) is 145 Å². The molecule has 53 heavy (non-hydrogen) atoms. The highest BCUT2D eigenvalue weighted by molar-refractivity contribution is 6.74. The van der Waals surface area contributed by atoms with E-state index in [0.717, 1.165) is 62.2 Å². The Kier molecular flexibility index (Phi) is 12.7. The van der Waals surface area contributed by atoms with E-state index in [0.29, 0.717) is 17.8 Å². The molecular weight excluding hydrogens is 687 g/mol. The molecule has 4 fully saturated rings. The van der Waals surface area contributed by atoms with Gasteiger partial charge in [-0.2, -0.15) is 0 Å². The lowest BCUT2D eigenvalue weighted by atomic mass is 9.61. The second kappa shape index (κ2) is 15.8. The van der Waals surface area contributed by atoms with E-state index in [1.165, 1.54) is 37.7 Å². The quantitative estimate of drug-likeness (QED) is 0.160. The second-order valence-electron chi connectivity index (χ2n) is 20.9. The molecule has 298 valence electrons. The van der Waals surface area contributed by atoms with Crippen LogP contribution in [0.3, 0.4) is 0 Å². The number of hydrogen-bond acceptors (Lipinski definition) is 5. The van der Waals surface area contributed by atoms with Crippen molar-refractivity contribution in [2.75, 3.05) is 0 Å². The molecule has 0 spiro atoms. The van der Waals surface area contributed by atoms with Gasteiger partial charge in [0.2, 0.25) is 5.89 Å². The summed E-state index contributed by atoms with van der Waals surface area (Å²) in [4.78, 5) is 4.63. The maximum Gasteiger partial charge on any atom is 0.203 e. The second-order valence-corrected chi connectivity index (χ2v) is 30.5. The third kappa shape index (κ3) is 9.05. The predicted octanol–water partition coefficient (Wildman–Crippen LogP) is 12.8. The molecule has 1 N–H and O–H groups in total. The van der Waals surface area contributed by atoms with Crippen molar-refractivity contribution in [3.8, 4) is 0 Å². The van der Waals surface area contributed by atoms with Crippen LogP contribution in [0.25, 0.3) is 0 Å². The molecule has 5 rings (SSSR count). The highest BCUT2D eigenvalue weighted by Gasteiger charge is 2.54. The Morgan fingerprint density at radius 3 is 2.28 bits per heavy atom. The maximum absolute atomic E-state index is 11.4. The van der Waals surface area contributed by atoms with Crippen LogP contribution in [0.15, 0.2) is 58.2 Å². The van der Waals surface area contributed by atoms with Crippen molar-refractivity contribution in [1.29, 1.82) is 0 Å². The van der Waals surface area contributed by atoms with Crippen molar-refractivity contribution in [3.63, 3.8) is 0 Å². The Morgan fingerprint density at radius 2 is 1.66 bits per heavy atom. The lowest BCUT2D eigenvalue weighted by Crippen LogP contribution is -2.49. The average Bonchev–Trinajstić information content (AvgIpc) is 3.58. The van der Waals surface area contributed by atoms with Crippen LogP contribution in [-0.4, -0.2) is 45.0 Å². The zero-order valence-corrected chi connectivity index (χ0v) is 38.2. The summed E-state index contributed by atoms with van der Waals surface area (Å²) in [5, 5.41) is 11.7. The molecule has 7 heteroatoms. The molecule has 0 unspecified atom stereocenters. The van der Waals surface area contributed by atoms with E-state index in [9.17, 15) is 5.11 Å². The van der Waals surface area contributed by atoms with Crippen molar-refractivity contribution in [1.82, 2.24) is 4.98 Å². The molecular formula is C46H77NO4Si2. The summed E-state index contributed by atoms with van der Waals surface area (Å²) in [6, 6.07) is 0. The smallest absolute Gasteiger partial charge is 0.203 e. The predicted molar refractivity (Wildman–Crippen MR) is 227 cm³/mol. The standard InChI is InChI=1S/C46H77NO4Si2/c1-15-16-19-36-31-47-42(49-36)46(27-28-46)41(48)25-20-32(2)38-23-24-39-34(18-17-26-45(38,39)10)21-22-35-29-37(50-52(11,12)43(4,5)6)30-40(33(35)3)51-53(13,14)44(7,8)9/h20-22,25,31-32,37-41,48H,3,15-19,23-24,26-30H2,1-2,4-14H3/t32-,37-,38-,39+,40+,41-,45-/m1/s1. The van der Waals surface area contributed by atoms with Crippen molar-refractivity contribution in [2.24, 2.45) is 23.2 Å². The number of aliphatic hydroxyl groups excluding tert-OH is 1. The highest BCUT2D eigenvalue weighted by atomic mass is 28.4. The third-order valence-electron chi connectivity index (χ3n) is 15.1. The largest absolute Gasteiger partial charge is 0.445 e. The van der Waals surface area contributed by atoms with Crippen LogP contribution in [0.2, 0.25) is 36.3 Å². The zero-order chi connectivity index (χ0) is 39.2. The number of nitrogens with zero attached hydrogens (tertiary/aromatic N) is 1. The van der Waals surface area contributed by atoms with Gasteiger partial charge in [0.15, 0.2) is 16.6 Å². The Bertz CT molecular complexity index is 1530. The molecule has 1 aromatic rings. The summed E-state index contributed by atoms with van der Waals surface area (Å²) < 4.78 is 20.4. The first kappa shape index (κ1) is 42.6. The van der Waals surface area contributed by atoms with Crippen molar-refractivity contribution in [3.05, 3.63) is 65.5 Å². The normalized spacial score (nSPS) is 31.0. The molecule has 5 nitrogen and oxygen atoms in total. The summed E-state index contributed by atoms with van der Waals surface area (Å²) >= 11 is 0. The van der Waals surface area contributed by atoms with E-state index < -0.39 is 22.7 Å². The Morgan fingerprint density at radius 1 is 1.00 bits per heavy atom. The first-order valence-electron chi connectivity index (χ1n) is 21.3. The van der Waals surface area contributed by atoms with Gasteiger partial charge in [0.1, 0.15) is 5.76 Å². The van der Waals surface area contributed by atoms with Crippen LogP contribution < -0.4 is 0 Å². The first-order valence-corrected chi connectivity index (χ1v) is 27.1. The van der Waals surface area contributed by atoms with Gasteiger partial charge in [0.05, 0.1) is 29.9 Å². The summed E-state index contributed by atoms with van der Waals surface area (Å²) in [5.74, 6) is 3.27. The van der Waals surface area contributed by atoms with Gasteiger partial charge < -0.3 is 18.4 Å². The molecule has 0 saturated heterocycles. The zero-order valence-electron chi connectivity index (χ0n) is 36.2. The molecule has 0 amide bonds. The molecule has 0 aliphatic heterocycles. The molecule has 1 aromatic heterocycles. The third-order valence-corrected chi connectivity index (χ3v) is 24.1. The SMILES string of the molecule is C=C1C(=CC=C2CCC[C@]3(C)[C@@H]([C@H](C)C=C[C@@H](O)C4(c5ncc(CCCC)o5)CC4)CC[C@@H]23)C[C@@H](O[Si](C)(C)C(C)(C)C)C[C@@H]1O[Si](C)(C)C(C)(C)C. The van der Waals surface area contributed by atoms with Gasteiger partial charge in [-0.1, -0.05) is 105 Å². The van der Waals surface area contributed by atoms with Gasteiger partial charge in [0.25, 0.3) is 0 Å². The molecule has 4 aliphatic rings. The topological polar surface area (TPSA) is 64.7 Å². The van der Waals surface area contributed by atoms with Crippen molar-refractivity contribution < 1.29 is 18.4 Å². The monoisotopic (exact) mass is 764 g/mol. The van der Waals surface area contributed by atoms with Gasteiger partial charge in [-0.15, -0.1) is 0 Å². The lowest BCUT2D eigenvalue weighted by molar-refractivity contribution is 0.0969. The Hall–Kier alpha value is -1.52. The number of aromatic nitrogens is 1. The van der Waals surface area contributed by atoms with E-state index in [4.69, 9.17) is 19.8 Å². The van der Waals surface area contributed by atoms with E-state index in [1.807, 2.05) is 6.20 Å². The van der Waals surface area contributed by atoms with Gasteiger partial charge in [-0.25, -0.2) is 4.98 Å². The number of rotatable bonds is 13. The molecule has 0 bridgehead atoms. The summed E-state index contributed by atoms with van der Waals surface area (Å²) in [6.07, 6.45) is 23.8. The minimum absolute atomic E-state index is 0.000910. The lowest BCUT2D eigenvalue weighted by Gasteiger charge is -2.45. The number of aryl methyl sites for hydroxylation is 1. The van der Waals surface area contributed by atoms with Gasteiger partial charge >= 0.3 is 0 Å². The molecule has 4 saturated carbocycles. The van der Waals surface area contributed by atoms with Crippen LogP contribution in [-0.2, 0) is 20.7 Å². The van der Waals surface area contributed by atoms with E-state index in [1.54, 1.807) is 5.57 Å². The van der Waals surface area contributed by atoms with E-state index >= 15 is 0 Å². The van der Waals surface area contributed by atoms with Crippen LogP contribution in [0.5, 0.6) is 0 Å². The Labute approximate surface area is 326 Å². The minimum Gasteiger partial charge on any atom is -0.445 e. The van der Waals surface area contributed by atoms with E-state index in [-0.39, 0.29) is 33.1 Å². The number of unbranched alkanes of at least 4 members (excludes halogenated alkanes) is 1. The fraction of sp³-hybridized carbons (Fsp3) is 0.761. The molecule has 0 radical (unpaired) electrons.